The Hall–Kier alpha value is -5.18. The standard InChI is InChI=1S/C44H44N6O2/c51-33-4-8-39-36(25-33)44-38-28-50(20-14-32(38)2-7-41(44)45-39)24-22-48-17-11-30(12-18-48)29-9-15-47(16-10-29)21-23-49-19-13-31-1-6-40-43(37(31)27-49)35-5-3-34(52)26-42(35)46-40/h1-8,13-14,19-20,25-30,46,51H,9-12,15-18,21-24H2. The molecule has 0 saturated carbocycles. The van der Waals surface area contributed by atoms with Gasteiger partial charge in [-0.1, -0.05) is 12.1 Å². The number of aromatic hydroxyl groups is 1. The van der Waals surface area contributed by atoms with E-state index in [9.17, 15) is 9.90 Å². The number of likely N-dealkylation sites (tertiary alicyclic amines) is 2. The summed E-state index contributed by atoms with van der Waals surface area (Å²) in [6.07, 6.45) is 14.2. The van der Waals surface area contributed by atoms with Gasteiger partial charge in [-0.05, 0) is 129 Å². The first kappa shape index (κ1) is 31.5. The van der Waals surface area contributed by atoms with Gasteiger partial charge in [-0.2, -0.15) is 0 Å². The summed E-state index contributed by atoms with van der Waals surface area (Å²) in [6.45, 7) is 8.87. The highest BCUT2D eigenvalue weighted by Gasteiger charge is 2.29. The SMILES string of the molecule is O=c1ccc2c(c1)[nH]c1ccc3ccn(CCN4CCC(C5CCN(CCn6ccc7ccc8nc9ccc(O)cc9c8c7c6)CC5)CC4)cc3c12. The van der Waals surface area contributed by atoms with Gasteiger partial charge < -0.3 is 29.0 Å². The zero-order valence-electron chi connectivity index (χ0n) is 29.5. The second-order valence-electron chi connectivity index (χ2n) is 15.3. The molecule has 4 aromatic heterocycles. The minimum absolute atomic E-state index is 0.0382. The molecule has 0 atom stereocenters. The molecule has 0 amide bonds. The molecule has 2 aliphatic rings. The van der Waals surface area contributed by atoms with Crippen molar-refractivity contribution in [3.05, 3.63) is 108 Å². The predicted octanol–water partition coefficient (Wildman–Crippen LogP) is 8.12. The minimum Gasteiger partial charge on any atom is -0.508 e. The first-order valence-corrected chi connectivity index (χ1v) is 19.0. The number of rotatable bonds is 7. The molecular formula is C44H44N6O2. The normalized spacial score (nSPS) is 17.2. The van der Waals surface area contributed by atoms with Crippen LogP contribution in [0.25, 0.3) is 65.2 Å². The molecule has 2 fully saturated rings. The van der Waals surface area contributed by atoms with Gasteiger partial charge in [0.1, 0.15) is 5.75 Å². The molecule has 0 bridgehead atoms. The van der Waals surface area contributed by atoms with E-state index in [0.717, 1.165) is 76.2 Å². The number of fused-ring (bicyclic) bond motifs is 10. The van der Waals surface area contributed by atoms with Gasteiger partial charge in [0, 0.05) is 94.9 Å². The Morgan fingerprint density at radius 1 is 0.596 bits per heavy atom. The maximum absolute atomic E-state index is 12.0. The molecule has 6 heterocycles. The first-order valence-electron chi connectivity index (χ1n) is 19.0. The van der Waals surface area contributed by atoms with Crippen molar-refractivity contribution in [3.8, 4) is 5.75 Å². The molecule has 2 aliphatic heterocycles. The van der Waals surface area contributed by atoms with Crippen LogP contribution in [0.5, 0.6) is 5.75 Å². The Kier molecular flexibility index (Phi) is 7.76. The summed E-state index contributed by atoms with van der Waals surface area (Å²) in [5, 5.41) is 19.5. The average molecular weight is 689 g/mol. The molecule has 52 heavy (non-hydrogen) atoms. The Balaban J connectivity index is 0.730. The highest BCUT2D eigenvalue weighted by Crippen LogP contribution is 2.35. The van der Waals surface area contributed by atoms with Crippen LogP contribution in [-0.4, -0.2) is 73.3 Å². The molecule has 0 spiro atoms. The number of piperidine rings is 2. The Morgan fingerprint density at radius 3 is 1.88 bits per heavy atom. The van der Waals surface area contributed by atoms with E-state index < -0.39 is 0 Å². The van der Waals surface area contributed by atoms with Gasteiger partial charge in [0.05, 0.1) is 16.6 Å². The lowest BCUT2D eigenvalue weighted by molar-refractivity contribution is 0.0935. The quantitative estimate of drug-likeness (QED) is 0.177. The van der Waals surface area contributed by atoms with Crippen molar-refractivity contribution in [1.82, 2.24) is 28.9 Å². The van der Waals surface area contributed by atoms with Crippen molar-refractivity contribution < 1.29 is 5.11 Å². The van der Waals surface area contributed by atoms with Crippen molar-refractivity contribution in [2.45, 2.75) is 38.8 Å². The number of aromatic amines is 1. The van der Waals surface area contributed by atoms with E-state index in [2.05, 4.69) is 85.1 Å². The van der Waals surface area contributed by atoms with Crippen molar-refractivity contribution in [2.24, 2.45) is 11.8 Å². The number of pyridine rings is 2. The fourth-order valence-electron chi connectivity index (χ4n) is 9.40. The lowest BCUT2D eigenvalue weighted by Crippen LogP contribution is -2.42. The topological polar surface area (TPSA) is 82.3 Å². The molecule has 0 radical (unpaired) electrons. The summed E-state index contributed by atoms with van der Waals surface area (Å²) in [5.41, 5.74) is 3.94. The summed E-state index contributed by atoms with van der Waals surface area (Å²) in [4.78, 5) is 25.5. The van der Waals surface area contributed by atoms with E-state index in [1.807, 2.05) is 18.2 Å². The highest BCUT2D eigenvalue weighted by atomic mass is 16.3. The molecule has 4 aromatic carbocycles. The van der Waals surface area contributed by atoms with Crippen LogP contribution in [0, 0.1) is 11.8 Å². The molecule has 0 aliphatic carbocycles. The minimum atomic E-state index is 0.0382. The van der Waals surface area contributed by atoms with E-state index >= 15 is 0 Å². The van der Waals surface area contributed by atoms with E-state index in [1.54, 1.807) is 18.2 Å². The molecule has 8 nitrogen and oxygen atoms in total. The number of hydrogen-bond acceptors (Lipinski definition) is 5. The summed E-state index contributed by atoms with van der Waals surface area (Å²) in [7, 11) is 0. The highest BCUT2D eigenvalue weighted by molar-refractivity contribution is 6.21. The van der Waals surface area contributed by atoms with Crippen LogP contribution in [0.2, 0.25) is 0 Å². The van der Waals surface area contributed by atoms with Crippen LogP contribution in [0.3, 0.4) is 0 Å². The summed E-state index contributed by atoms with van der Waals surface area (Å²) in [5.74, 6) is 1.98. The smallest absolute Gasteiger partial charge is 0.180 e. The van der Waals surface area contributed by atoms with Crippen LogP contribution < -0.4 is 5.43 Å². The molecule has 0 unspecified atom stereocenters. The molecule has 2 saturated heterocycles. The second-order valence-corrected chi connectivity index (χ2v) is 15.3. The number of H-pyrrole nitrogens is 1. The lowest BCUT2D eigenvalue weighted by atomic mass is 9.79. The summed E-state index contributed by atoms with van der Waals surface area (Å²) in [6, 6.07) is 23.8. The van der Waals surface area contributed by atoms with Gasteiger partial charge in [-0.25, -0.2) is 4.98 Å². The number of aromatic nitrogens is 4. The average Bonchev–Trinajstić information content (AvgIpc) is 3.74. The molecule has 8 heteroatoms. The second kappa shape index (κ2) is 12.8. The molecular weight excluding hydrogens is 645 g/mol. The van der Waals surface area contributed by atoms with Gasteiger partial charge >= 0.3 is 0 Å². The lowest BCUT2D eigenvalue weighted by Gasteiger charge is -2.40. The Bertz CT molecular complexity index is 2670. The van der Waals surface area contributed by atoms with Crippen LogP contribution >= 0.6 is 0 Å². The zero-order valence-corrected chi connectivity index (χ0v) is 29.5. The fourth-order valence-corrected chi connectivity index (χ4v) is 9.40. The third kappa shape index (κ3) is 5.71. The van der Waals surface area contributed by atoms with Crippen LogP contribution in [-0.2, 0) is 13.1 Å². The van der Waals surface area contributed by atoms with E-state index in [4.69, 9.17) is 4.98 Å². The van der Waals surface area contributed by atoms with Crippen molar-refractivity contribution in [2.75, 3.05) is 39.3 Å². The van der Waals surface area contributed by atoms with Crippen molar-refractivity contribution >= 4 is 65.2 Å². The maximum atomic E-state index is 12.0. The van der Waals surface area contributed by atoms with Gasteiger partial charge in [0.15, 0.2) is 5.43 Å². The number of nitrogens with one attached hydrogen (secondary N) is 1. The number of hydrogen-bond donors (Lipinski definition) is 2. The monoisotopic (exact) mass is 688 g/mol. The van der Waals surface area contributed by atoms with Crippen LogP contribution in [0.4, 0.5) is 0 Å². The Morgan fingerprint density at radius 2 is 1.21 bits per heavy atom. The molecule has 2 N–H and O–H groups in total. The number of phenols is 1. The van der Waals surface area contributed by atoms with E-state index in [0.29, 0.717) is 0 Å². The maximum Gasteiger partial charge on any atom is 0.180 e. The zero-order chi connectivity index (χ0) is 34.8. The summed E-state index contributed by atoms with van der Waals surface area (Å²) >= 11 is 0. The number of benzene rings is 4. The van der Waals surface area contributed by atoms with Gasteiger partial charge in [0.25, 0.3) is 0 Å². The van der Waals surface area contributed by atoms with Gasteiger partial charge in [0.2, 0.25) is 0 Å². The number of phenolic OH excluding ortho intramolecular Hbond substituents is 1. The van der Waals surface area contributed by atoms with Crippen molar-refractivity contribution in [1.29, 1.82) is 0 Å². The Labute approximate surface area is 301 Å². The predicted molar refractivity (Wildman–Crippen MR) is 212 cm³/mol. The first-order chi connectivity index (χ1) is 25.5. The molecule has 262 valence electrons. The van der Waals surface area contributed by atoms with Crippen molar-refractivity contribution in [3.63, 3.8) is 0 Å². The van der Waals surface area contributed by atoms with Gasteiger partial charge in [-0.15, -0.1) is 0 Å². The number of nitrogens with zero attached hydrogens (tertiary/aromatic N) is 5. The van der Waals surface area contributed by atoms with Crippen LogP contribution in [0.1, 0.15) is 25.7 Å². The molecule has 10 rings (SSSR count). The van der Waals surface area contributed by atoms with E-state index in [1.165, 1.54) is 78.8 Å². The van der Waals surface area contributed by atoms with E-state index in [-0.39, 0.29) is 11.2 Å². The molecule has 8 aromatic rings. The van der Waals surface area contributed by atoms with Gasteiger partial charge in [-0.3, -0.25) is 4.79 Å². The third-order valence-corrected chi connectivity index (χ3v) is 12.3. The largest absolute Gasteiger partial charge is 0.508 e. The van der Waals surface area contributed by atoms with Crippen LogP contribution in [0.15, 0.2) is 102 Å². The fraction of sp³-hybridized carbons (Fsp3) is 0.318. The summed E-state index contributed by atoms with van der Waals surface area (Å²) < 4.78 is 4.67. The third-order valence-electron chi connectivity index (χ3n) is 12.3.